The SMILES string of the molecule is Fc1ccccc1CN=c1ncn(Cc2c(Cl)cccc2Cl)c2nc[nH]c12. The lowest BCUT2D eigenvalue weighted by atomic mass is 10.2. The zero-order valence-electron chi connectivity index (χ0n) is 14.0. The fraction of sp³-hybridized carbons (Fsp3) is 0.105. The summed E-state index contributed by atoms with van der Waals surface area (Å²) >= 11 is 12.5. The van der Waals surface area contributed by atoms with Gasteiger partial charge in [0.05, 0.1) is 25.7 Å². The molecule has 136 valence electrons. The van der Waals surface area contributed by atoms with Gasteiger partial charge >= 0.3 is 0 Å². The molecule has 0 unspecified atom stereocenters. The third-order valence-electron chi connectivity index (χ3n) is 4.18. The van der Waals surface area contributed by atoms with Crippen molar-refractivity contribution in [2.75, 3.05) is 0 Å². The van der Waals surface area contributed by atoms with Gasteiger partial charge in [-0.1, -0.05) is 47.5 Å². The summed E-state index contributed by atoms with van der Waals surface area (Å²) in [6.45, 7) is 0.606. The Kier molecular flexibility index (Phi) is 4.92. The van der Waals surface area contributed by atoms with Crippen LogP contribution >= 0.6 is 23.2 Å². The molecule has 8 heteroatoms. The van der Waals surface area contributed by atoms with E-state index in [0.717, 1.165) is 5.56 Å². The molecule has 5 nitrogen and oxygen atoms in total. The number of hydrogen-bond acceptors (Lipinski definition) is 3. The van der Waals surface area contributed by atoms with Gasteiger partial charge in [-0.3, -0.25) is 4.99 Å². The van der Waals surface area contributed by atoms with Crippen LogP contribution in [0.4, 0.5) is 4.39 Å². The van der Waals surface area contributed by atoms with E-state index in [2.05, 4.69) is 19.9 Å². The number of H-pyrrole nitrogens is 1. The van der Waals surface area contributed by atoms with E-state index in [1.807, 2.05) is 4.57 Å². The maximum absolute atomic E-state index is 13.8. The number of fused-ring (bicyclic) bond motifs is 1. The van der Waals surface area contributed by atoms with E-state index in [1.54, 1.807) is 49.1 Å². The van der Waals surface area contributed by atoms with Gasteiger partial charge in [-0.05, 0) is 18.2 Å². The normalized spacial score (nSPS) is 12.0. The Bertz CT molecular complexity index is 1160. The first-order valence-corrected chi connectivity index (χ1v) is 8.94. The Balaban J connectivity index is 1.73. The number of imidazole rings is 1. The maximum Gasteiger partial charge on any atom is 0.177 e. The Hall–Kier alpha value is -2.70. The second kappa shape index (κ2) is 7.50. The molecule has 0 aliphatic carbocycles. The van der Waals surface area contributed by atoms with Crippen molar-refractivity contribution < 1.29 is 4.39 Å². The number of hydrogen-bond donors (Lipinski definition) is 1. The molecule has 2 aromatic heterocycles. The molecular formula is C19H14Cl2FN5. The lowest BCUT2D eigenvalue weighted by Crippen LogP contribution is -2.15. The highest BCUT2D eigenvalue weighted by molar-refractivity contribution is 6.36. The van der Waals surface area contributed by atoms with Crippen molar-refractivity contribution >= 4 is 34.4 Å². The summed E-state index contributed by atoms with van der Waals surface area (Å²) in [6.07, 6.45) is 3.20. The predicted octanol–water partition coefficient (Wildman–Crippen LogP) is 4.35. The van der Waals surface area contributed by atoms with Crippen molar-refractivity contribution in [2.24, 2.45) is 4.99 Å². The topological polar surface area (TPSA) is 58.9 Å². The number of rotatable bonds is 4. The molecule has 0 saturated carbocycles. The molecule has 4 rings (SSSR count). The predicted molar refractivity (Wildman–Crippen MR) is 103 cm³/mol. The molecule has 0 saturated heterocycles. The van der Waals surface area contributed by atoms with Gasteiger partial charge in [-0.2, -0.15) is 0 Å². The van der Waals surface area contributed by atoms with Crippen molar-refractivity contribution in [3.05, 3.63) is 87.6 Å². The summed E-state index contributed by atoms with van der Waals surface area (Å²) < 4.78 is 15.6. The van der Waals surface area contributed by atoms with E-state index >= 15 is 0 Å². The second-order valence-corrected chi connectivity index (χ2v) is 6.72. The molecule has 0 amide bonds. The standard InChI is InChI=1S/C19H14Cl2FN5/c20-14-5-3-6-15(21)13(14)9-27-11-26-18(17-19(27)25-10-24-17)23-8-12-4-1-2-7-16(12)22/h1-7,10-11H,8-9H2,(H,24,25). The van der Waals surface area contributed by atoms with Crippen LogP contribution in [0.5, 0.6) is 0 Å². The highest BCUT2D eigenvalue weighted by Gasteiger charge is 2.10. The van der Waals surface area contributed by atoms with Crippen LogP contribution in [0.2, 0.25) is 10.0 Å². The van der Waals surface area contributed by atoms with Crippen LogP contribution in [0.15, 0.2) is 60.1 Å². The maximum atomic E-state index is 13.8. The zero-order valence-corrected chi connectivity index (χ0v) is 15.5. The van der Waals surface area contributed by atoms with Crippen molar-refractivity contribution in [2.45, 2.75) is 13.1 Å². The van der Waals surface area contributed by atoms with E-state index < -0.39 is 0 Å². The minimum Gasteiger partial charge on any atom is -0.340 e. The smallest absolute Gasteiger partial charge is 0.177 e. The summed E-state index contributed by atoms with van der Waals surface area (Å²) in [5.74, 6) is -0.290. The van der Waals surface area contributed by atoms with Crippen molar-refractivity contribution in [3.63, 3.8) is 0 Å². The van der Waals surface area contributed by atoms with Crippen LogP contribution in [0.1, 0.15) is 11.1 Å². The largest absolute Gasteiger partial charge is 0.340 e. The van der Waals surface area contributed by atoms with Gasteiger partial charge in [0.15, 0.2) is 11.1 Å². The number of aromatic nitrogens is 4. The van der Waals surface area contributed by atoms with Gasteiger partial charge in [0.1, 0.15) is 11.3 Å². The van der Waals surface area contributed by atoms with E-state index in [-0.39, 0.29) is 12.4 Å². The zero-order chi connectivity index (χ0) is 18.8. The van der Waals surface area contributed by atoms with Crippen molar-refractivity contribution in [3.8, 4) is 0 Å². The van der Waals surface area contributed by atoms with Gasteiger partial charge in [-0.25, -0.2) is 14.4 Å². The Labute approximate surface area is 164 Å². The minimum atomic E-state index is -0.290. The molecule has 27 heavy (non-hydrogen) atoms. The summed E-state index contributed by atoms with van der Waals surface area (Å²) in [5, 5.41) is 1.15. The van der Waals surface area contributed by atoms with Crippen LogP contribution in [-0.2, 0) is 13.1 Å². The van der Waals surface area contributed by atoms with Crippen LogP contribution in [0.3, 0.4) is 0 Å². The third-order valence-corrected chi connectivity index (χ3v) is 4.89. The van der Waals surface area contributed by atoms with E-state index in [9.17, 15) is 4.39 Å². The average Bonchev–Trinajstić information content (AvgIpc) is 3.15. The molecule has 0 radical (unpaired) electrons. The number of halogens is 3. The van der Waals surface area contributed by atoms with E-state index in [0.29, 0.717) is 38.8 Å². The van der Waals surface area contributed by atoms with Gasteiger partial charge in [0.25, 0.3) is 0 Å². The lowest BCUT2D eigenvalue weighted by molar-refractivity contribution is 0.609. The summed E-state index contributed by atoms with van der Waals surface area (Å²) in [4.78, 5) is 16.2. The molecule has 1 N–H and O–H groups in total. The van der Waals surface area contributed by atoms with Gasteiger partial charge in [-0.15, -0.1) is 0 Å². The summed E-state index contributed by atoms with van der Waals surface area (Å²) in [6, 6.07) is 11.9. The van der Waals surface area contributed by atoms with Crippen molar-refractivity contribution in [1.82, 2.24) is 19.5 Å². The van der Waals surface area contributed by atoms with Crippen LogP contribution in [-0.4, -0.2) is 19.5 Å². The first-order valence-electron chi connectivity index (χ1n) is 8.19. The Morgan fingerprint density at radius 2 is 1.81 bits per heavy atom. The molecule has 2 aromatic carbocycles. The molecule has 2 heterocycles. The average molecular weight is 402 g/mol. The number of aromatic amines is 1. The molecule has 0 aliphatic rings. The Morgan fingerprint density at radius 3 is 2.59 bits per heavy atom. The first-order chi connectivity index (χ1) is 13.1. The van der Waals surface area contributed by atoms with Gasteiger partial charge in [0, 0.05) is 21.2 Å². The molecule has 0 aliphatic heterocycles. The molecule has 0 fully saturated rings. The molecular weight excluding hydrogens is 388 g/mol. The summed E-state index contributed by atoms with van der Waals surface area (Å²) in [5.41, 5.74) is 3.08. The van der Waals surface area contributed by atoms with Crippen LogP contribution in [0.25, 0.3) is 11.2 Å². The Morgan fingerprint density at radius 1 is 1.04 bits per heavy atom. The molecule has 0 bridgehead atoms. The van der Waals surface area contributed by atoms with Crippen LogP contribution < -0.4 is 5.49 Å². The van der Waals surface area contributed by atoms with Gasteiger partial charge in [0.2, 0.25) is 0 Å². The number of benzene rings is 2. The molecule has 4 aromatic rings. The first kappa shape index (κ1) is 17.7. The van der Waals surface area contributed by atoms with Crippen molar-refractivity contribution in [1.29, 1.82) is 0 Å². The van der Waals surface area contributed by atoms with E-state index in [4.69, 9.17) is 23.2 Å². The molecule has 0 atom stereocenters. The molecule has 0 spiro atoms. The second-order valence-electron chi connectivity index (χ2n) is 5.91. The highest BCUT2D eigenvalue weighted by Crippen LogP contribution is 2.25. The van der Waals surface area contributed by atoms with E-state index in [1.165, 1.54) is 6.07 Å². The summed E-state index contributed by atoms with van der Waals surface area (Å²) in [7, 11) is 0. The fourth-order valence-electron chi connectivity index (χ4n) is 2.79. The monoisotopic (exact) mass is 401 g/mol. The van der Waals surface area contributed by atoms with Gasteiger partial charge < -0.3 is 9.55 Å². The highest BCUT2D eigenvalue weighted by atomic mass is 35.5. The quantitative estimate of drug-likeness (QED) is 0.552. The fourth-order valence-corrected chi connectivity index (χ4v) is 3.31. The third kappa shape index (κ3) is 3.59. The number of nitrogens with one attached hydrogen (secondary N) is 1. The lowest BCUT2D eigenvalue weighted by Gasteiger charge is -2.10. The number of nitrogens with zero attached hydrogens (tertiary/aromatic N) is 4. The minimum absolute atomic E-state index is 0.189. The van der Waals surface area contributed by atoms with Crippen LogP contribution in [0, 0.1) is 5.82 Å².